The monoisotopic (exact) mass is 574 g/mol. The molecule has 5 rings (SSSR count). The maximum atomic E-state index is 12.6. The number of aryl methyl sites for hydroxylation is 2. The minimum absolute atomic E-state index is 0.159. The average Bonchev–Trinajstić information content (AvgIpc) is 3.40. The minimum Gasteiger partial charge on any atom is -0.465 e. The van der Waals surface area contributed by atoms with Crippen molar-refractivity contribution in [2.24, 2.45) is 0 Å². The molecule has 0 aliphatic carbocycles. The van der Waals surface area contributed by atoms with E-state index >= 15 is 0 Å². The van der Waals surface area contributed by atoms with Gasteiger partial charge in [0.05, 0.1) is 36.1 Å². The van der Waals surface area contributed by atoms with Gasteiger partial charge in [0, 0.05) is 27.7 Å². The van der Waals surface area contributed by atoms with Crippen LogP contribution >= 0.6 is 28.1 Å². The van der Waals surface area contributed by atoms with E-state index in [2.05, 4.69) is 74.7 Å². The number of rotatable bonds is 5. The Kier molecular flexibility index (Phi) is 6.88. The first-order chi connectivity index (χ1) is 17.8. The number of nitrogens with one attached hydrogen (secondary N) is 1. The lowest BCUT2D eigenvalue weighted by molar-refractivity contribution is 0.0600. The Bertz CT molecular complexity index is 1500. The highest BCUT2D eigenvalue weighted by molar-refractivity contribution is 9.10. The summed E-state index contributed by atoms with van der Waals surface area (Å²) in [5, 5.41) is 4.18. The van der Waals surface area contributed by atoms with Crippen molar-refractivity contribution in [2.45, 2.75) is 32.9 Å². The lowest BCUT2D eigenvalue weighted by atomic mass is 9.96. The molecular formula is C29H27BrN4O2S. The standard InChI is InChI=1S/C29H27BrN4O2S/c1-17-15-20(12-13-23(17)30)34-27(26(32-29(34)37)24-10-7-8-14-31-24)22-16-18(2)33(19(22)3)25-11-6-5-9-21(25)28(35)36-4/h5-16,26-27H,1-4H3,(H,32,37). The van der Waals surface area contributed by atoms with E-state index in [0.29, 0.717) is 10.7 Å². The number of anilines is 1. The zero-order valence-corrected chi connectivity index (χ0v) is 23.4. The summed E-state index contributed by atoms with van der Waals surface area (Å²) >= 11 is 9.53. The van der Waals surface area contributed by atoms with Crippen molar-refractivity contribution < 1.29 is 9.53 Å². The summed E-state index contributed by atoms with van der Waals surface area (Å²) < 4.78 is 8.23. The van der Waals surface area contributed by atoms with E-state index in [9.17, 15) is 4.79 Å². The molecule has 2 aromatic carbocycles. The summed E-state index contributed by atoms with van der Waals surface area (Å²) in [6.45, 7) is 6.20. The van der Waals surface area contributed by atoms with Crippen molar-refractivity contribution in [1.29, 1.82) is 0 Å². The van der Waals surface area contributed by atoms with Gasteiger partial charge < -0.3 is 19.5 Å². The van der Waals surface area contributed by atoms with Gasteiger partial charge in [-0.15, -0.1) is 0 Å². The fourth-order valence-corrected chi connectivity index (χ4v) is 5.73. The second-order valence-corrected chi connectivity index (χ2v) is 10.3. The van der Waals surface area contributed by atoms with Crippen LogP contribution in [-0.4, -0.2) is 27.7 Å². The zero-order chi connectivity index (χ0) is 26.3. The molecule has 8 heteroatoms. The van der Waals surface area contributed by atoms with E-state index in [1.54, 1.807) is 12.3 Å². The van der Waals surface area contributed by atoms with Gasteiger partial charge in [0.15, 0.2) is 5.11 Å². The van der Waals surface area contributed by atoms with Crippen LogP contribution in [0.4, 0.5) is 5.69 Å². The van der Waals surface area contributed by atoms with Crippen molar-refractivity contribution in [1.82, 2.24) is 14.9 Å². The number of thiocarbonyl (C=S) groups is 1. The van der Waals surface area contributed by atoms with Gasteiger partial charge in [0.1, 0.15) is 0 Å². The van der Waals surface area contributed by atoms with Crippen molar-refractivity contribution >= 4 is 44.9 Å². The highest BCUT2D eigenvalue weighted by Gasteiger charge is 2.42. The molecule has 0 bridgehead atoms. The molecule has 1 fully saturated rings. The van der Waals surface area contributed by atoms with E-state index in [1.807, 2.05) is 42.5 Å². The number of pyridine rings is 1. The van der Waals surface area contributed by atoms with Crippen molar-refractivity contribution in [3.05, 3.63) is 111 Å². The first kappa shape index (κ1) is 25.2. The molecule has 1 aliphatic rings. The third kappa shape index (κ3) is 4.45. The summed E-state index contributed by atoms with van der Waals surface area (Å²) in [6.07, 6.45) is 1.81. The van der Waals surface area contributed by atoms with Crippen LogP contribution in [0.2, 0.25) is 0 Å². The maximum absolute atomic E-state index is 12.6. The molecule has 1 aliphatic heterocycles. The Hall–Kier alpha value is -3.49. The molecule has 188 valence electrons. The number of carbonyl (C=O) groups excluding carboxylic acids is 1. The Labute approximate surface area is 230 Å². The van der Waals surface area contributed by atoms with Crippen LogP contribution in [-0.2, 0) is 4.74 Å². The van der Waals surface area contributed by atoms with Crippen LogP contribution in [0.3, 0.4) is 0 Å². The van der Waals surface area contributed by atoms with Gasteiger partial charge in [-0.25, -0.2) is 4.79 Å². The maximum Gasteiger partial charge on any atom is 0.339 e. The van der Waals surface area contributed by atoms with Crippen LogP contribution in [0, 0.1) is 20.8 Å². The first-order valence-electron chi connectivity index (χ1n) is 11.9. The molecule has 0 amide bonds. The Morgan fingerprint density at radius 2 is 1.81 bits per heavy atom. The molecule has 2 aromatic heterocycles. The Balaban J connectivity index is 1.70. The number of carbonyl (C=O) groups is 1. The number of hydrogen-bond donors (Lipinski definition) is 1. The summed E-state index contributed by atoms with van der Waals surface area (Å²) in [4.78, 5) is 19.4. The third-order valence-electron chi connectivity index (χ3n) is 6.86. The van der Waals surface area contributed by atoms with Crippen LogP contribution in [0.5, 0.6) is 0 Å². The zero-order valence-electron chi connectivity index (χ0n) is 21.0. The molecule has 0 spiro atoms. The summed E-state index contributed by atoms with van der Waals surface area (Å²) in [7, 11) is 1.40. The first-order valence-corrected chi connectivity index (χ1v) is 13.1. The molecule has 37 heavy (non-hydrogen) atoms. The number of halogens is 1. The SMILES string of the molecule is COC(=O)c1ccccc1-n1c(C)cc(C2C(c3ccccn3)NC(=S)N2c2ccc(Br)c(C)c2)c1C. The van der Waals surface area contributed by atoms with Crippen molar-refractivity contribution in [3.8, 4) is 5.69 Å². The smallest absolute Gasteiger partial charge is 0.339 e. The van der Waals surface area contributed by atoms with Gasteiger partial charge in [0.25, 0.3) is 0 Å². The predicted octanol–water partition coefficient (Wildman–Crippen LogP) is 6.52. The lowest BCUT2D eigenvalue weighted by Gasteiger charge is -2.28. The summed E-state index contributed by atoms with van der Waals surface area (Å²) in [5.74, 6) is -0.369. The fourth-order valence-electron chi connectivity index (χ4n) is 5.14. The second kappa shape index (κ2) is 10.1. The molecule has 1 saturated heterocycles. The van der Waals surface area contributed by atoms with Crippen LogP contribution in [0.25, 0.3) is 5.69 Å². The number of esters is 1. The molecule has 0 radical (unpaired) electrons. The molecule has 6 nitrogen and oxygen atoms in total. The van der Waals surface area contributed by atoms with E-state index in [1.165, 1.54) is 7.11 Å². The van der Waals surface area contributed by atoms with E-state index in [0.717, 1.165) is 44.1 Å². The van der Waals surface area contributed by atoms with E-state index in [-0.39, 0.29) is 18.1 Å². The molecule has 3 heterocycles. The third-order valence-corrected chi connectivity index (χ3v) is 8.06. The number of methoxy groups -OCH3 is 1. The lowest BCUT2D eigenvalue weighted by Crippen LogP contribution is -2.29. The number of nitrogens with zero attached hydrogens (tertiary/aromatic N) is 3. The van der Waals surface area contributed by atoms with Gasteiger partial charge in [-0.05, 0) is 92.6 Å². The number of hydrogen-bond acceptors (Lipinski definition) is 4. The van der Waals surface area contributed by atoms with Crippen molar-refractivity contribution in [3.63, 3.8) is 0 Å². The van der Waals surface area contributed by atoms with Crippen molar-refractivity contribution in [2.75, 3.05) is 12.0 Å². The van der Waals surface area contributed by atoms with E-state index in [4.69, 9.17) is 17.0 Å². The van der Waals surface area contributed by atoms with Gasteiger partial charge in [-0.3, -0.25) is 4.98 Å². The predicted molar refractivity (Wildman–Crippen MR) is 153 cm³/mol. The largest absolute Gasteiger partial charge is 0.465 e. The van der Waals surface area contributed by atoms with Gasteiger partial charge in [-0.2, -0.15) is 0 Å². The highest BCUT2D eigenvalue weighted by Crippen LogP contribution is 2.44. The quantitative estimate of drug-likeness (QED) is 0.216. The van der Waals surface area contributed by atoms with E-state index < -0.39 is 0 Å². The van der Waals surface area contributed by atoms with Crippen LogP contribution < -0.4 is 10.2 Å². The fraction of sp³-hybridized carbons (Fsp3) is 0.207. The molecular weight excluding hydrogens is 548 g/mol. The molecule has 2 unspecified atom stereocenters. The van der Waals surface area contributed by atoms with Gasteiger partial charge >= 0.3 is 5.97 Å². The molecule has 1 N–H and O–H groups in total. The Morgan fingerprint density at radius 1 is 1.05 bits per heavy atom. The highest BCUT2D eigenvalue weighted by atomic mass is 79.9. The number of para-hydroxylation sites is 1. The summed E-state index contributed by atoms with van der Waals surface area (Å²) in [6, 6.07) is 21.6. The summed E-state index contributed by atoms with van der Waals surface area (Å²) in [5.41, 5.74) is 7.45. The minimum atomic E-state index is -0.369. The van der Waals surface area contributed by atoms with Gasteiger partial charge in [-0.1, -0.05) is 34.1 Å². The topological polar surface area (TPSA) is 59.4 Å². The second-order valence-electron chi connectivity index (χ2n) is 9.10. The number of aromatic nitrogens is 2. The normalized spacial score (nSPS) is 17.1. The van der Waals surface area contributed by atoms with Crippen LogP contribution in [0.1, 0.15) is 50.7 Å². The number of ether oxygens (including phenoxy) is 1. The van der Waals surface area contributed by atoms with Crippen LogP contribution in [0.15, 0.2) is 77.4 Å². The molecule has 0 saturated carbocycles. The van der Waals surface area contributed by atoms with Gasteiger partial charge in [0.2, 0.25) is 0 Å². The Morgan fingerprint density at radius 3 is 2.51 bits per heavy atom. The number of benzene rings is 2. The average molecular weight is 576 g/mol. The molecule has 2 atom stereocenters. The molecule has 4 aromatic rings.